The summed E-state index contributed by atoms with van der Waals surface area (Å²) in [4.78, 5) is 16.5. The number of nitrogens with zero attached hydrogens (tertiary/aromatic N) is 2. The molecular weight excluding hydrogens is 320 g/mol. The highest BCUT2D eigenvalue weighted by molar-refractivity contribution is 5.93. The number of aromatic nitrogens is 3. The van der Waals surface area contributed by atoms with Gasteiger partial charge in [-0.2, -0.15) is 5.10 Å². The van der Waals surface area contributed by atoms with E-state index in [-0.39, 0.29) is 0 Å². The summed E-state index contributed by atoms with van der Waals surface area (Å²) in [7, 11) is 0. The molecule has 1 atom stereocenters. The molecule has 0 spiro atoms. The number of anilines is 2. The zero-order valence-electron chi connectivity index (χ0n) is 13.9. The lowest BCUT2D eigenvalue weighted by molar-refractivity contribution is 0.0415. The fraction of sp³-hybridized carbons (Fsp3) is 0.235. The first-order valence-corrected chi connectivity index (χ1v) is 7.79. The second kappa shape index (κ2) is 6.40. The maximum absolute atomic E-state index is 12.4. The SMILES string of the molecule is CC(C)(O)C(NC(=O)Nc1cc2[nH]nc(N)c2cn1)c1ccccc1. The van der Waals surface area contributed by atoms with Gasteiger partial charge in [-0.1, -0.05) is 30.3 Å². The van der Waals surface area contributed by atoms with Crippen molar-refractivity contribution in [3.05, 3.63) is 48.2 Å². The van der Waals surface area contributed by atoms with E-state index < -0.39 is 17.7 Å². The molecule has 0 aliphatic rings. The van der Waals surface area contributed by atoms with E-state index in [0.717, 1.165) is 5.56 Å². The lowest BCUT2D eigenvalue weighted by Gasteiger charge is -2.30. The van der Waals surface area contributed by atoms with Crippen LogP contribution in [0.5, 0.6) is 0 Å². The number of hydrogen-bond acceptors (Lipinski definition) is 5. The predicted octanol–water partition coefficient (Wildman–Crippen LogP) is 2.17. The molecule has 0 fully saturated rings. The Hall–Kier alpha value is -3.13. The second-order valence-electron chi connectivity index (χ2n) is 6.32. The Balaban J connectivity index is 1.77. The number of rotatable bonds is 4. The third kappa shape index (κ3) is 3.69. The number of aliphatic hydroxyl groups is 1. The molecule has 0 aliphatic heterocycles. The van der Waals surface area contributed by atoms with Crippen LogP contribution in [0.25, 0.3) is 10.9 Å². The van der Waals surface area contributed by atoms with Crippen LogP contribution in [0.1, 0.15) is 25.5 Å². The fourth-order valence-corrected chi connectivity index (χ4v) is 2.60. The van der Waals surface area contributed by atoms with Gasteiger partial charge in [0.05, 0.1) is 22.5 Å². The third-order valence-electron chi connectivity index (χ3n) is 3.83. The second-order valence-corrected chi connectivity index (χ2v) is 6.32. The molecule has 2 heterocycles. The Labute approximate surface area is 144 Å². The number of benzene rings is 1. The summed E-state index contributed by atoms with van der Waals surface area (Å²) in [6, 6.07) is 9.86. The first-order chi connectivity index (χ1) is 11.8. The molecule has 2 amide bonds. The van der Waals surface area contributed by atoms with Gasteiger partial charge in [0.2, 0.25) is 0 Å². The van der Waals surface area contributed by atoms with Gasteiger partial charge in [0.25, 0.3) is 0 Å². The van der Waals surface area contributed by atoms with E-state index >= 15 is 0 Å². The highest BCUT2D eigenvalue weighted by atomic mass is 16.3. The number of nitrogens with two attached hydrogens (primary N) is 1. The summed E-state index contributed by atoms with van der Waals surface area (Å²) < 4.78 is 0. The lowest BCUT2D eigenvalue weighted by atomic mass is 9.92. The Morgan fingerprint density at radius 1 is 1.32 bits per heavy atom. The van der Waals surface area contributed by atoms with Crippen LogP contribution in [0.4, 0.5) is 16.4 Å². The minimum atomic E-state index is -1.14. The van der Waals surface area contributed by atoms with Crippen LogP contribution < -0.4 is 16.4 Å². The van der Waals surface area contributed by atoms with E-state index in [2.05, 4.69) is 25.8 Å². The number of fused-ring (bicyclic) bond motifs is 1. The maximum atomic E-state index is 12.4. The minimum absolute atomic E-state index is 0.344. The number of nitrogens with one attached hydrogen (secondary N) is 3. The molecule has 0 saturated carbocycles. The average molecular weight is 340 g/mol. The van der Waals surface area contributed by atoms with Crippen LogP contribution in [0.2, 0.25) is 0 Å². The van der Waals surface area contributed by atoms with Gasteiger partial charge >= 0.3 is 6.03 Å². The molecule has 2 aromatic heterocycles. The van der Waals surface area contributed by atoms with E-state index in [1.54, 1.807) is 19.9 Å². The normalized spacial score (nSPS) is 12.8. The highest BCUT2D eigenvalue weighted by Crippen LogP contribution is 2.25. The quantitative estimate of drug-likeness (QED) is 0.497. The molecule has 1 aromatic carbocycles. The first kappa shape index (κ1) is 16.7. The molecule has 25 heavy (non-hydrogen) atoms. The third-order valence-corrected chi connectivity index (χ3v) is 3.83. The molecule has 0 bridgehead atoms. The summed E-state index contributed by atoms with van der Waals surface area (Å²) in [5, 5.41) is 23.2. The largest absolute Gasteiger partial charge is 0.388 e. The minimum Gasteiger partial charge on any atom is -0.388 e. The topological polar surface area (TPSA) is 129 Å². The van der Waals surface area contributed by atoms with Crippen molar-refractivity contribution < 1.29 is 9.90 Å². The number of amides is 2. The lowest BCUT2D eigenvalue weighted by Crippen LogP contribution is -2.43. The first-order valence-electron chi connectivity index (χ1n) is 7.79. The van der Waals surface area contributed by atoms with Gasteiger partial charge in [-0.05, 0) is 19.4 Å². The molecule has 0 aliphatic carbocycles. The number of carbonyl (C=O) groups is 1. The van der Waals surface area contributed by atoms with Crippen molar-refractivity contribution in [3.8, 4) is 0 Å². The van der Waals surface area contributed by atoms with Crippen LogP contribution in [0.3, 0.4) is 0 Å². The summed E-state index contributed by atoms with van der Waals surface area (Å²) in [6.07, 6.45) is 1.54. The summed E-state index contributed by atoms with van der Waals surface area (Å²) in [5.74, 6) is 0.695. The van der Waals surface area contributed by atoms with Crippen molar-refractivity contribution in [3.63, 3.8) is 0 Å². The summed E-state index contributed by atoms with van der Waals surface area (Å²) >= 11 is 0. The van der Waals surface area contributed by atoms with Crippen molar-refractivity contribution in [1.29, 1.82) is 0 Å². The van der Waals surface area contributed by atoms with Gasteiger partial charge in [0.1, 0.15) is 5.82 Å². The molecule has 8 nitrogen and oxygen atoms in total. The number of pyridine rings is 1. The number of carbonyl (C=O) groups excluding carboxylic acids is 1. The van der Waals surface area contributed by atoms with Gasteiger partial charge in [0, 0.05) is 12.3 Å². The number of urea groups is 1. The van der Waals surface area contributed by atoms with E-state index in [1.807, 2.05) is 30.3 Å². The molecule has 3 aromatic rings. The van der Waals surface area contributed by atoms with E-state index in [9.17, 15) is 9.90 Å². The summed E-state index contributed by atoms with van der Waals surface area (Å²) in [6.45, 7) is 3.28. The van der Waals surface area contributed by atoms with Crippen LogP contribution in [0, 0.1) is 0 Å². The molecule has 130 valence electrons. The number of nitrogen functional groups attached to an aromatic ring is 1. The molecule has 0 saturated heterocycles. The van der Waals surface area contributed by atoms with Crippen molar-refractivity contribution >= 4 is 28.6 Å². The maximum Gasteiger partial charge on any atom is 0.320 e. The van der Waals surface area contributed by atoms with Gasteiger partial charge in [-0.25, -0.2) is 9.78 Å². The Morgan fingerprint density at radius 2 is 2.04 bits per heavy atom. The van der Waals surface area contributed by atoms with Gasteiger partial charge < -0.3 is 16.2 Å². The standard InChI is InChI=1S/C17H20N6O2/c1-17(2,25)14(10-6-4-3-5-7-10)21-16(24)20-13-8-12-11(9-19-13)15(18)23-22-12/h3-9,14,25H,1-2H3,(H3,18,22,23)(H2,19,20,21,24). The highest BCUT2D eigenvalue weighted by Gasteiger charge is 2.29. The number of hydrogen-bond donors (Lipinski definition) is 5. The molecule has 6 N–H and O–H groups in total. The van der Waals surface area contributed by atoms with Gasteiger partial charge in [0.15, 0.2) is 5.82 Å². The average Bonchev–Trinajstić information content (AvgIpc) is 2.93. The van der Waals surface area contributed by atoms with Crippen LogP contribution >= 0.6 is 0 Å². The predicted molar refractivity (Wildman–Crippen MR) is 95.9 cm³/mol. The van der Waals surface area contributed by atoms with E-state index in [4.69, 9.17) is 5.73 Å². The van der Waals surface area contributed by atoms with Crippen molar-refractivity contribution in [1.82, 2.24) is 20.5 Å². The van der Waals surface area contributed by atoms with Crippen LogP contribution in [-0.4, -0.2) is 31.9 Å². The van der Waals surface area contributed by atoms with Gasteiger partial charge in [-0.3, -0.25) is 10.4 Å². The van der Waals surface area contributed by atoms with Crippen molar-refractivity contribution in [2.45, 2.75) is 25.5 Å². The van der Waals surface area contributed by atoms with Crippen LogP contribution in [0.15, 0.2) is 42.6 Å². The molecule has 0 radical (unpaired) electrons. The number of aromatic amines is 1. The van der Waals surface area contributed by atoms with E-state index in [1.165, 1.54) is 6.20 Å². The van der Waals surface area contributed by atoms with E-state index in [0.29, 0.717) is 22.5 Å². The van der Waals surface area contributed by atoms with Crippen molar-refractivity contribution in [2.75, 3.05) is 11.1 Å². The van der Waals surface area contributed by atoms with Crippen LogP contribution in [-0.2, 0) is 0 Å². The molecular formula is C17H20N6O2. The van der Waals surface area contributed by atoms with Crippen molar-refractivity contribution in [2.24, 2.45) is 0 Å². The Kier molecular flexibility index (Phi) is 4.28. The van der Waals surface area contributed by atoms with Gasteiger partial charge in [-0.15, -0.1) is 0 Å². The smallest absolute Gasteiger partial charge is 0.320 e. The molecule has 3 rings (SSSR count). The summed E-state index contributed by atoms with van der Waals surface area (Å²) in [5.41, 5.74) is 6.02. The Bertz CT molecular complexity index is 885. The number of H-pyrrole nitrogens is 1. The monoisotopic (exact) mass is 340 g/mol. The molecule has 1 unspecified atom stereocenters. The molecule has 8 heteroatoms. The zero-order valence-corrected chi connectivity index (χ0v) is 13.9. The fourth-order valence-electron chi connectivity index (χ4n) is 2.60. The zero-order chi connectivity index (χ0) is 18.0. The Morgan fingerprint density at radius 3 is 2.72 bits per heavy atom.